The summed E-state index contributed by atoms with van der Waals surface area (Å²) < 4.78 is 10.7. The second kappa shape index (κ2) is 5.00. The Balaban J connectivity index is 2.73. The fraction of sp³-hybridized carbons (Fsp3) is 0.300. The standard InChI is InChI=1S/C10H11BrO3/c1-3-13-10(12)7(2)6-8-4-5-9(11)14-8/h4-6H,3H2,1-2H3. The molecule has 0 amide bonds. The zero-order chi connectivity index (χ0) is 10.6. The molecule has 0 radical (unpaired) electrons. The molecule has 0 bridgehead atoms. The van der Waals surface area contributed by atoms with E-state index in [0.29, 0.717) is 22.6 Å². The first-order valence-electron chi connectivity index (χ1n) is 4.24. The van der Waals surface area contributed by atoms with Crippen LogP contribution >= 0.6 is 15.9 Å². The second-order valence-electron chi connectivity index (χ2n) is 2.69. The van der Waals surface area contributed by atoms with E-state index in [0.717, 1.165) is 0 Å². The third-order valence-corrected chi connectivity index (χ3v) is 1.98. The van der Waals surface area contributed by atoms with E-state index in [-0.39, 0.29) is 5.97 Å². The van der Waals surface area contributed by atoms with Crippen molar-refractivity contribution in [2.24, 2.45) is 0 Å². The van der Waals surface area contributed by atoms with Gasteiger partial charge in [-0.25, -0.2) is 4.79 Å². The molecule has 14 heavy (non-hydrogen) atoms. The van der Waals surface area contributed by atoms with Gasteiger partial charge in [-0.3, -0.25) is 0 Å². The van der Waals surface area contributed by atoms with Crippen molar-refractivity contribution >= 4 is 28.0 Å². The maximum Gasteiger partial charge on any atom is 0.333 e. The summed E-state index contributed by atoms with van der Waals surface area (Å²) in [4.78, 5) is 11.2. The first-order valence-corrected chi connectivity index (χ1v) is 5.03. The largest absolute Gasteiger partial charge is 0.463 e. The second-order valence-corrected chi connectivity index (χ2v) is 3.47. The Kier molecular flexibility index (Phi) is 3.95. The van der Waals surface area contributed by atoms with E-state index in [2.05, 4.69) is 15.9 Å². The van der Waals surface area contributed by atoms with Gasteiger partial charge >= 0.3 is 5.97 Å². The van der Waals surface area contributed by atoms with Crippen LogP contribution in [-0.4, -0.2) is 12.6 Å². The molecule has 0 unspecified atom stereocenters. The van der Waals surface area contributed by atoms with Gasteiger partial charge in [-0.1, -0.05) is 0 Å². The summed E-state index contributed by atoms with van der Waals surface area (Å²) in [6.45, 7) is 3.84. The Labute approximate surface area is 90.9 Å². The fourth-order valence-electron chi connectivity index (χ4n) is 0.923. The van der Waals surface area contributed by atoms with Gasteiger partial charge < -0.3 is 9.15 Å². The summed E-state index contributed by atoms with van der Waals surface area (Å²) in [7, 11) is 0. The van der Waals surface area contributed by atoms with Gasteiger partial charge in [0, 0.05) is 5.57 Å². The molecule has 0 saturated carbocycles. The highest BCUT2D eigenvalue weighted by Gasteiger charge is 2.05. The van der Waals surface area contributed by atoms with Gasteiger partial charge in [0.2, 0.25) is 0 Å². The first kappa shape index (κ1) is 11.0. The normalized spacial score (nSPS) is 11.5. The van der Waals surface area contributed by atoms with Crippen LogP contribution in [0.3, 0.4) is 0 Å². The average molecular weight is 259 g/mol. The third-order valence-electron chi connectivity index (χ3n) is 1.55. The lowest BCUT2D eigenvalue weighted by atomic mass is 10.2. The van der Waals surface area contributed by atoms with Crippen molar-refractivity contribution in [3.8, 4) is 0 Å². The molecule has 0 aliphatic heterocycles. The molecule has 1 aromatic rings. The average Bonchev–Trinajstić information content (AvgIpc) is 2.51. The van der Waals surface area contributed by atoms with Crippen LogP contribution in [0.1, 0.15) is 19.6 Å². The smallest absolute Gasteiger partial charge is 0.333 e. The Bertz CT molecular complexity index is 352. The number of carbonyl (C=O) groups excluding carboxylic acids is 1. The van der Waals surface area contributed by atoms with E-state index in [1.165, 1.54) is 0 Å². The molecule has 1 aromatic heterocycles. The summed E-state index contributed by atoms with van der Waals surface area (Å²) in [6.07, 6.45) is 1.64. The number of hydrogen-bond acceptors (Lipinski definition) is 3. The van der Waals surface area contributed by atoms with Gasteiger partial charge in [0.15, 0.2) is 4.67 Å². The molecule has 3 nitrogen and oxygen atoms in total. The van der Waals surface area contributed by atoms with Crippen molar-refractivity contribution < 1.29 is 13.9 Å². The minimum absolute atomic E-state index is 0.319. The first-order chi connectivity index (χ1) is 6.63. The highest BCUT2D eigenvalue weighted by atomic mass is 79.9. The molecule has 0 aromatic carbocycles. The van der Waals surface area contributed by atoms with Gasteiger partial charge in [-0.05, 0) is 48.0 Å². The molecule has 76 valence electrons. The van der Waals surface area contributed by atoms with E-state index in [1.54, 1.807) is 32.1 Å². The van der Waals surface area contributed by atoms with Crippen LogP contribution in [0, 0.1) is 0 Å². The molecule has 4 heteroatoms. The lowest BCUT2D eigenvalue weighted by Crippen LogP contribution is -2.04. The molecule has 0 N–H and O–H groups in total. The van der Waals surface area contributed by atoms with Crippen LogP contribution in [0.2, 0.25) is 0 Å². The minimum atomic E-state index is -0.319. The maximum atomic E-state index is 11.2. The predicted octanol–water partition coefficient (Wildman–Crippen LogP) is 3.01. The Hall–Kier alpha value is -1.03. The number of furan rings is 1. The zero-order valence-corrected chi connectivity index (χ0v) is 9.63. The van der Waals surface area contributed by atoms with Crippen LogP contribution in [-0.2, 0) is 9.53 Å². The lowest BCUT2D eigenvalue weighted by molar-refractivity contribution is -0.138. The molecule has 0 atom stereocenters. The SMILES string of the molecule is CCOC(=O)C(C)=Cc1ccc(Br)o1. The summed E-state index contributed by atoms with van der Waals surface area (Å²) in [5, 5.41) is 0. The van der Waals surface area contributed by atoms with Crippen molar-refractivity contribution in [1.82, 2.24) is 0 Å². The van der Waals surface area contributed by atoms with Gasteiger partial charge in [-0.2, -0.15) is 0 Å². The van der Waals surface area contributed by atoms with Gasteiger partial charge in [-0.15, -0.1) is 0 Å². The molecule has 1 heterocycles. The van der Waals surface area contributed by atoms with Gasteiger partial charge in [0.25, 0.3) is 0 Å². The molecule has 1 rings (SSSR count). The van der Waals surface area contributed by atoms with E-state index < -0.39 is 0 Å². The highest BCUT2D eigenvalue weighted by Crippen LogP contribution is 2.16. The molecule has 0 aliphatic rings. The summed E-state index contributed by atoms with van der Waals surface area (Å²) in [6, 6.07) is 3.54. The number of ether oxygens (including phenoxy) is 1. The number of rotatable bonds is 3. The summed E-state index contributed by atoms with van der Waals surface area (Å²) in [5.74, 6) is 0.308. The highest BCUT2D eigenvalue weighted by molar-refractivity contribution is 9.10. The lowest BCUT2D eigenvalue weighted by Gasteiger charge is -1.99. The third kappa shape index (κ3) is 3.03. The van der Waals surface area contributed by atoms with Crippen molar-refractivity contribution in [2.45, 2.75) is 13.8 Å². The van der Waals surface area contributed by atoms with Crippen molar-refractivity contribution in [3.63, 3.8) is 0 Å². The Morgan fingerprint density at radius 3 is 2.86 bits per heavy atom. The fourth-order valence-corrected chi connectivity index (χ4v) is 1.24. The number of hydrogen-bond donors (Lipinski definition) is 0. The summed E-state index contributed by atoms with van der Waals surface area (Å²) in [5.41, 5.74) is 0.522. The topological polar surface area (TPSA) is 39.4 Å². The number of halogens is 1. The van der Waals surface area contributed by atoms with E-state index in [9.17, 15) is 4.79 Å². The van der Waals surface area contributed by atoms with Crippen molar-refractivity contribution in [2.75, 3.05) is 6.61 Å². The van der Waals surface area contributed by atoms with E-state index in [1.807, 2.05) is 0 Å². The summed E-state index contributed by atoms with van der Waals surface area (Å²) >= 11 is 3.18. The molecule has 0 aliphatic carbocycles. The van der Waals surface area contributed by atoms with Crippen molar-refractivity contribution in [1.29, 1.82) is 0 Å². The minimum Gasteiger partial charge on any atom is -0.463 e. The Morgan fingerprint density at radius 2 is 2.36 bits per heavy atom. The quantitative estimate of drug-likeness (QED) is 0.618. The van der Waals surface area contributed by atoms with E-state index in [4.69, 9.17) is 9.15 Å². The molecular weight excluding hydrogens is 248 g/mol. The molecular formula is C10H11BrO3. The Morgan fingerprint density at radius 1 is 1.64 bits per heavy atom. The molecule has 0 spiro atoms. The van der Waals surface area contributed by atoms with Gasteiger partial charge in [0.05, 0.1) is 6.61 Å². The van der Waals surface area contributed by atoms with Crippen LogP contribution in [0.25, 0.3) is 6.08 Å². The number of esters is 1. The maximum absolute atomic E-state index is 11.2. The van der Waals surface area contributed by atoms with Gasteiger partial charge in [0.1, 0.15) is 5.76 Å². The van der Waals surface area contributed by atoms with Crippen molar-refractivity contribution in [3.05, 3.63) is 28.1 Å². The number of carbonyl (C=O) groups is 1. The van der Waals surface area contributed by atoms with Crippen LogP contribution in [0.15, 0.2) is 26.8 Å². The van der Waals surface area contributed by atoms with Crippen LogP contribution < -0.4 is 0 Å². The van der Waals surface area contributed by atoms with Crippen LogP contribution in [0.5, 0.6) is 0 Å². The monoisotopic (exact) mass is 258 g/mol. The molecule has 0 saturated heterocycles. The van der Waals surface area contributed by atoms with E-state index >= 15 is 0 Å². The van der Waals surface area contributed by atoms with Crippen LogP contribution in [0.4, 0.5) is 0 Å². The zero-order valence-electron chi connectivity index (χ0n) is 8.04. The predicted molar refractivity (Wildman–Crippen MR) is 56.7 cm³/mol. The molecule has 0 fully saturated rings.